The van der Waals surface area contributed by atoms with E-state index in [1.165, 1.54) is 12.1 Å². The number of amides is 1. The molecule has 0 fully saturated rings. The van der Waals surface area contributed by atoms with Crippen molar-refractivity contribution < 1.29 is 9.18 Å². The number of carbonyl (C=O) groups is 1. The Kier molecular flexibility index (Phi) is 5.09. The van der Waals surface area contributed by atoms with Gasteiger partial charge in [-0.15, -0.1) is 0 Å². The van der Waals surface area contributed by atoms with Crippen molar-refractivity contribution >= 4 is 23.2 Å². The van der Waals surface area contributed by atoms with Crippen LogP contribution in [0.3, 0.4) is 0 Å². The van der Waals surface area contributed by atoms with E-state index >= 15 is 0 Å². The van der Waals surface area contributed by atoms with Crippen LogP contribution in [0.4, 0.5) is 10.1 Å². The largest absolute Gasteiger partial charge is 0.319 e. The van der Waals surface area contributed by atoms with Crippen molar-refractivity contribution in [1.82, 2.24) is 9.78 Å². The van der Waals surface area contributed by atoms with E-state index in [1.54, 1.807) is 24.6 Å². The van der Waals surface area contributed by atoms with Crippen molar-refractivity contribution in [1.29, 1.82) is 0 Å². The van der Waals surface area contributed by atoms with E-state index in [0.29, 0.717) is 12.2 Å². The molecule has 0 atom stereocenters. The van der Waals surface area contributed by atoms with E-state index in [2.05, 4.69) is 10.4 Å². The number of halogens is 2. The van der Waals surface area contributed by atoms with E-state index in [0.717, 1.165) is 16.7 Å². The molecular weight excluding hydrogens is 353 g/mol. The topological polar surface area (TPSA) is 46.9 Å². The first-order valence-corrected chi connectivity index (χ1v) is 8.59. The van der Waals surface area contributed by atoms with E-state index in [1.807, 2.05) is 31.2 Å². The third-order valence-corrected chi connectivity index (χ3v) is 4.50. The maximum Gasteiger partial charge on any atom is 0.260 e. The Morgan fingerprint density at radius 2 is 1.77 bits per heavy atom. The zero-order chi connectivity index (χ0) is 18.8. The Balaban J connectivity index is 1.84. The molecule has 6 heteroatoms. The van der Waals surface area contributed by atoms with Crippen molar-refractivity contribution in [3.05, 3.63) is 81.4 Å². The number of nitrogens with one attached hydrogen (secondary N) is 1. The number of carbonyl (C=O) groups excluding carboxylic acids is 1. The molecule has 4 nitrogen and oxygen atoms in total. The second-order valence-electron chi connectivity index (χ2n) is 6.33. The van der Waals surface area contributed by atoms with Gasteiger partial charge in [0.05, 0.1) is 23.5 Å². The zero-order valence-electron chi connectivity index (χ0n) is 14.8. The number of hydrogen-bond acceptors (Lipinski definition) is 2. The lowest BCUT2D eigenvalue weighted by atomic mass is 10.1. The average molecular weight is 372 g/mol. The van der Waals surface area contributed by atoms with Crippen molar-refractivity contribution in [2.45, 2.75) is 27.3 Å². The van der Waals surface area contributed by atoms with Crippen LogP contribution in [0, 0.1) is 26.6 Å². The van der Waals surface area contributed by atoms with Gasteiger partial charge in [-0.05, 0) is 44.0 Å². The standard InChI is InChI=1S/C20H19ClFN3O/c1-12-4-7-15(8-5-12)11-25-19(21)18(14(3)24-25)20(26)23-17-9-6-13(2)10-16(17)22/h4-10H,11H2,1-3H3,(H,23,26). The Bertz CT molecular complexity index is 964. The summed E-state index contributed by atoms with van der Waals surface area (Å²) in [7, 11) is 0. The first-order chi connectivity index (χ1) is 12.3. The Hall–Kier alpha value is -2.66. The van der Waals surface area contributed by atoms with E-state index in [9.17, 15) is 9.18 Å². The molecule has 0 saturated heterocycles. The SMILES string of the molecule is Cc1ccc(Cn2nc(C)c(C(=O)Nc3ccc(C)cc3F)c2Cl)cc1. The summed E-state index contributed by atoms with van der Waals surface area (Å²) in [6, 6.07) is 12.6. The van der Waals surface area contributed by atoms with Gasteiger partial charge >= 0.3 is 0 Å². The Labute approximate surface area is 156 Å². The van der Waals surface area contributed by atoms with Gasteiger partial charge in [-0.1, -0.05) is 47.5 Å². The molecular formula is C20H19ClFN3O. The lowest BCUT2D eigenvalue weighted by Crippen LogP contribution is -2.14. The number of anilines is 1. The third kappa shape index (κ3) is 3.78. The van der Waals surface area contributed by atoms with E-state index in [4.69, 9.17) is 11.6 Å². The van der Waals surface area contributed by atoms with Crippen LogP contribution in [0.1, 0.15) is 32.7 Å². The van der Waals surface area contributed by atoms with Crippen LogP contribution in [-0.4, -0.2) is 15.7 Å². The van der Waals surface area contributed by atoms with Gasteiger partial charge in [0.2, 0.25) is 0 Å². The summed E-state index contributed by atoms with van der Waals surface area (Å²) in [6.07, 6.45) is 0. The highest BCUT2D eigenvalue weighted by Crippen LogP contribution is 2.23. The zero-order valence-corrected chi connectivity index (χ0v) is 15.6. The number of benzene rings is 2. The summed E-state index contributed by atoms with van der Waals surface area (Å²) < 4.78 is 15.6. The molecule has 0 radical (unpaired) electrons. The summed E-state index contributed by atoms with van der Waals surface area (Å²) in [5.41, 5.74) is 3.82. The third-order valence-electron chi connectivity index (χ3n) is 4.12. The fourth-order valence-corrected chi connectivity index (χ4v) is 3.01. The minimum Gasteiger partial charge on any atom is -0.319 e. The average Bonchev–Trinajstić information content (AvgIpc) is 2.86. The smallest absolute Gasteiger partial charge is 0.260 e. The minimum atomic E-state index is -0.487. The summed E-state index contributed by atoms with van der Waals surface area (Å²) >= 11 is 6.38. The predicted molar refractivity (Wildman–Crippen MR) is 101 cm³/mol. The molecule has 134 valence electrons. The highest BCUT2D eigenvalue weighted by atomic mass is 35.5. The lowest BCUT2D eigenvalue weighted by Gasteiger charge is -2.07. The molecule has 0 bridgehead atoms. The van der Waals surface area contributed by atoms with Crippen molar-refractivity contribution in [3.8, 4) is 0 Å². The molecule has 0 aliphatic rings. The fraction of sp³-hybridized carbons (Fsp3) is 0.200. The quantitative estimate of drug-likeness (QED) is 0.708. The molecule has 0 unspecified atom stereocenters. The van der Waals surface area contributed by atoms with Gasteiger partial charge < -0.3 is 5.32 Å². The maximum atomic E-state index is 14.0. The normalized spacial score (nSPS) is 10.8. The second-order valence-corrected chi connectivity index (χ2v) is 6.69. The molecule has 1 N–H and O–H groups in total. The number of aromatic nitrogens is 2. The Morgan fingerprint density at radius 3 is 2.42 bits per heavy atom. The first kappa shape index (κ1) is 18.1. The molecule has 1 heterocycles. The van der Waals surface area contributed by atoms with Crippen molar-refractivity contribution in [2.75, 3.05) is 5.32 Å². The molecule has 3 rings (SSSR count). The highest BCUT2D eigenvalue weighted by Gasteiger charge is 2.21. The number of rotatable bonds is 4. The van der Waals surface area contributed by atoms with Gasteiger partial charge in [0, 0.05) is 0 Å². The summed E-state index contributed by atoms with van der Waals surface area (Å²) in [4.78, 5) is 12.6. The van der Waals surface area contributed by atoms with Crippen LogP contribution >= 0.6 is 11.6 Å². The van der Waals surface area contributed by atoms with Crippen LogP contribution in [0.2, 0.25) is 5.15 Å². The van der Waals surface area contributed by atoms with Crippen molar-refractivity contribution in [3.63, 3.8) is 0 Å². The molecule has 3 aromatic rings. The van der Waals surface area contributed by atoms with Crippen LogP contribution < -0.4 is 5.32 Å². The molecule has 1 amide bonds. The number of nitrogens with zero attached hydrogens (tertiary/aromatic N) is 2. The number of aryl methyl sites for hydroxylation is 3. The molecule has 0 aliphatic heterocycles. The van der Waals surface area contributed by atoms with Gasteiger partial charge in [0.25, 0.3) is 5.91 Å². The van der Waals surface area contributed by atoms with Gasteiger partial charge in [-0.3, -0.25) is 4.79 Å². The second kappa shape index (κ2) is 7.30. The molecule has 1 aromatic heterocycles. The van der Waals surface area contributed by atoms with Crippen LogP contribution in [0.5, 0.6) is 0 Å². The Morgan fingerprint density at radius 1 is 1.12 bits per heavy atom. The lowest BCUT2D eigenvalue weighted by molar-refractivity contribution is 0.102. The highest BCUT2D eigenvalue weighted by molar-refractivity contribution is 6.33. The monoisotopic (exact) mass is 371 g/mol. The van der Waals surface area contributed by atoms with Gasteiger partial charge in [0.1, 0.15) is 11.0 Å². The maximum absolute atomic E-state index is 14.0. The predicted octanol–water partition coefficient (Wildman–Crippen LogP) is 4.90. The van der Waals surface area contributed by atoms with Crippen molar-refractivity contribution in [2.24, 2.45) is 0 Å². The number of hydrogen-bond donors (Lipinski definition) is 1. The first-order valence-electron chi connectivity index (χ1n) is 8.21. The summed E-state index contributed by atoms with van der Waals surface area (Å²) in [6.45, 7) is 5.95. The minimum absolute atomic E-state index is 0.113. The molecule has 0 spiro atoms. The summed E-state index contributed by atoms with van der Waals surface area (Å²) in [5, 5.41) is 7.16. The van der Waals surface area contributed by atoms with Gasteiger partial charge in [-0.25, -0.2) is 9.07 Å². The molecule has 0 saturated carbocycles. The summed E-state index contributed by atoms with van der Waals surface area (Å²) in [5.74, 6) is -0.968. The van der Waals surface area contributed by atoms with Crippen LogP contribution in [0.15, 0.2) is 42.5 Å². The fourth-order valence-electron chi connectivity index (χ4n) is 2.69. The molecule has 2 aromatic carbocycles. The van der Waals surface area contributed by atoms with Crippen LogP contribution in [0.25, 0.3) is 0 Å². The molecule has 0 aliphatic carbocycles. The van der Waals surface area contributed by atoms with E-state index < -0.39 is 11.7 Å². The van der Waals surface area contributed by atoms with Gasteiger partial charge in [0.15, 0.2) is 0 Å². The van der Waals surface area contributed by atoms with Gasteiger partial charge in [-0.2, -0.15) is 5.10 Å². The van der Waals surface area contributed by atoms with E-state index in [-0.39, 0.29) is 16.4 Å². The molecule has 26 heavy (non-hydrogen) atoms. The van der Waals surface area contributed by atoms with Crippen LogP contribution in [-0.2, 0) is 6.54 Å².